The highest BCUT2D eigenvalue weighted by atomic mass is 35.5. The first-order valence-electron chi connectivity index (χ1n) is 6.86. The van der Waals surface area contributed by atoms with E-state index < -0.39 is 0 Å². The Hall–Kier alpha value is -2.59. The van der Waals surface area contributed by atoms with Gasteiger partial charge in [-0.15, -0.1) is 0 Å². The van der Waals surface area contributed by atoms with Crippen molar-refractivity contribution < 1.29 is 4.79 Å². The lowest BCUT2D eigenvalue weighted by atomic mass is 10.1. The highest BCUT2D eigenvalue weighted by molar-refractivity contribution is 6.34. The van der Waals surface area contributed by atoms with Gasteiger partial charge in [0.15, 0.2) is 0 Å². The smallest absolute Gasteiger partial charge is 0.244 e. The zero-order valence-corrected chi connectivity index (χ0v) is 12.5. The summed E-state index contributed by atoms with van der Waals surface area (Å²) in [7, 11) is 0. The molecule has 0 aliphatic carbocycles. The molecular formula is C17H14ClN3O. The molecule has 0 atom stereocenters. The summed E-state index contributed by atoms with van der Waals surface area (Å²) in [5.74, 6) is -0.137. The van der Waals surface area contributed by atoms with Gasteiger partial charge in [-0.2, -0.15) is 5.10 Å². The monoisotopic (exact) mass is 311 g/mol. The summed E-state index contributed by atoms with van der Waals surface area (Å²) in [5, 5.41) is 11.0. The van der Waals surface area contributed by atoms with Crippen molar-refractivity contribution in [2.24, 2.45) is 0 Å². The number of hydrogen-bond donors (Lipinski definition) is 2. The number of rotatable bonds is 4. The van der Waals surface area contributed by atoms with E-state index in [1.165, 1.54) is 6.08 Å². The summed E-state index contributed by atoms with van der Waals surface area (Å²) >= 11 is 6.01. The van der Waals surface area contributed by atoms with Crippen molar-refractivity contribution in [3.8, 4) is 0 Å². The molecule has 3 aromatic rings. The normalized spacial score (nSPS) is 11.1. The molecular weight excluding hydrogens is 298 g/mol. The van der Waals surface area contributed by atoms with Crippen LogP contribution in [0.1, 0.15) is 11.1 Å². The molecule has 1 aromatic heterocycles. The van der Waals surface area contributed by atoms with Gasteiger partial charge in [0.2, 0.25) is 5.91 Å². The number of aromatic nitrogens is 2. The topological polar surface area (TPSA) is 57.8 Å². The second kappa shape index (κ2) is 6.45. The Morgan fingerprint density at radius 3 is 2.86 bits per heavy atom. The van der Waals surface area contributed by atoms with Crippen molar-refractivity contribution in [1.82, 2.24) is 15.5 Å². The Bertz CT molecular complexity index is 824. The predicted molar refractivity (Wildman–Crippen MR) is 88.4 cm³/mol. The molecule has 0 aliphatic heterocycles. The van der Waals surface area contributed by atoms with Crippen LogP contribution < -0.4 is 5.32 Å². The average Bonchev–Trinajstić information content (AvgIpc) is 2.93. The summed E-state index contributed by atoms with van der Waals surface area (Å²) in [6.45, 7) is 0.440. The molecule has 0 unspecified atom stereocenters. The van der Waals surface area contributed by atoms with Crippen molar-refractivity contribution >= 4 is 34.5 Å². The van der Waals surface area contributed by atoms with Crippen molar-refractivity contribution in [3.05, 3.63) is 70.9 Å². The second-order valence-electron chi connectivity index (χ2n) is 4.85. The molecule has 0 bridgehead atoms. The Labute approximate surface area is 132 Å². The average molecular weight is 312 g/mol. The number of fused-ring (bicyclic) bond motifs is 1. The first-order chi connectivity index (χ1) is 10.7. The number of nitrogens with one attached hydrogen (secondary N) is 2. The van der Waals surface area contributed by atoms with Crippen molar-refractivity contribution in [2.45, 2.75) is 6.54 Å². The van der Waals surface area contributed by atoms with E-state index in [4.69, 9.17) is 11.6 Å². The zero-order chi connectivity index (χ0) is 15.4. The maximum atomic E-state index is 11.8. The summed E-state index contributed by atoms with van der Waals surface area (Å²) in [6, 6.07) is 15.4. The van der Waals surface area contributed by atoms with E-state index in [2.05, 4.69) is 15.5 Å². The first kappa shape index (κ1) is 14.4. The number of halogens is 1. The Morgan fingerprint density at radius 1 is 1.23 bits per heavy atom. The van der Waals surface area contributed by atoms with Crippen molar-refractivity contribution in [2.75, 3.05) is 0 Å². The SMILES string of the molecule is O=C(/C=C/c1ccccc1)NCc1ccc2n[nH]c(Cl)c2c1. The fourth-order valence-electron chi connectivity index (χ4n) is 2.12. The lowest BCUT2D eigenvalue weighted by Crippen LogP contribution is -2.20. The lowest BCUT2D eigenvalue weighted by molar-refractivity contribution is -0.116. The van der Waals surface area contributed by atoms with Crippen LogP contribution in [0.25, 0.3) is 17.0 Å². The lowest BCUT2D eigenvalue weighted by Gasteiger charge is -2.03. The minimum atomic E-state index is -0.137. The van der Waals surface area contributed by atoms with Gasteiger partial charge in [0.25, 0.3) is 0 Å². The van der Waals surface area contributed by atoms with Crippen LogP contribution in [0.5, 0.6) is 0 Å². The van der Waals surface area contributed by atoms with Crippen LogP contribution in [0, 0.1) is 0 Å². The van der Waals surface area contributed by atoms with Crippen LogP contribution in [-0.2, 0) is 11.3 Å². The van der Waals surface area contributed by atoms with E-state index in [1.54, 1.807) is 6.08 Å². The van der Waals surface area contributed by atoms with Gasteiger partial charge in [-0.1, -0.05) is 48.0 Å². The Kier molecular flexibility index (Phi) is 4.21. The maximum Gasteiger partial charge on any atom is 0.244 e. The molecule has 110 valence electrons. The number of hydrogen-bond acceptors (Lipinski definition) is 2. The van der Waals surface area contributed by atoms with Gasteiger partial charge in [-0.25, -0.2) is 0 Å². The van der Waals surface area contributed by atoms with Gasteiger partial charge < -0.3 is 5.32 Å². The quantitative estimate of drug-likeness (QED) is 0.724. The Morgan fingerprint density at radius 2 is 2.05 bits per heavy atom. The second-order valence-corrected chi connectivity index (χ2v) is 5.23. The number of amides is 1. The van der Waals surface area contributed by atoms with Gasteiger partial charge in [0, 0.05) is 18.0 Å². The number of benzene rings is 2. The van der Waals surface area contributed by atoms with E-state index in [0.29, 0.717) is 11.7 Å². The van der Waals surface area contributed by atoms with E-state index in [1.807, 2.05) is 48.5 Å². The molecule has 1 heterocycles. The van der Waals surface area contributed by atoms with Crippen LogP contribution in [0.4, 0.5) is 0 Å². The number of aromatic amines is 1. The molecule has 1 amide bonds. The zero-order valence-electron chi connectivity index (χ0n) is 11.7. The molecule has 0 aliphatic rings. The first-order valence-corrected chi connectivity index (χ1v) is 7.23. The fraction of sp³-hybridized carbons (Fsp3) is 0.0588. The van der Waals surface area contributed by atoms with Gasteiger partial charge >= 0.3 is 0 Å². The Balaban J connectivity index is 1.62. The van der Waals surface area contributed by atoms with Gasteiger partial charge in [0.05, 0.1) is 5.52 Å². The van der Waals surface area contributed by atoms with Crippen LogP contribution >= 0.6 is 11.6 Å². The molecule has 0 saturated carbocycles. The maximum absolute atomic E-state index is 11.8. The largest absolute Gasteiger partial charge is 0.348 e. The minimum Gasteiger partial charge on any atom is -0.348 e. The third-order valence-corrected chi connectivity index (χ3v) is 3.55. The molecule has 3 rings (SSSR count). The third-order valence-electron chi connectivity index (χ3n) is 3.27. The number of nitrogens with zero attached hydrogens (tertiary/aromatic N) is 1. The number of carbonyl (C=O) groups is 1. The fourth-order valence-corrected chi connectivity index (χ4v) is 2.31. The molecule has 4 nitrogen and oxygen atoms in total. The van der Waals surface area contributed by atoms with Crippen molar-refractivity contribution in [3.63, 3.8) is 0 Å². The van der Waals surface area contributed by atoms with Crippen LogP contribution in [-0.4, -0.2) is 16.1 Å². The van der Waals surface area contributed by atoms with Crippen LogP contribution in [0.2, 0.25) is 5.15 Å². The summed E-state index contributed by atoms with van der Waals surface area (Å²) < 4.78 is 0. The summed E-state index contributed by atoms with van der Waals surface area (Å²) in [5.41, 5.74) is 2.77. The minimum absolute atomic E-state index is 0.137. The molecule has 0 fully saturated rings. The van der Waals surface area contributed by atoms with Crippen molar-refractivity contribution in [1.29, 1.82) is 0 Å². The van der Waals surface area contributed by atoms with E-state index >= 15 is 0 Å². The highest BCUT2D eigenvalue weighted by Gasteiger charge is 2.04. The molecule has 0 radical (unpaired) electrons. The van der Waals surface area contributed by atoms with Gasteiger partial charge in [-0.3, -0.25) is 9.89 Å². The van der Waals surface area contributed by atoms with E-state index in [0.717, 1.165) is 22.0 Å². The van der Waals surface area contributed by atoms with E-state index in [-0.39, 0.29) is 5.91 Å². The molecule has 2 N–H and O–H groups in total. The number of H-pyrrole nitrogens is 1. The summed E-state index contributed by atoms with van der Waals surface area (Å²) in [4.78, 5) is 11.8. The third kappa shape index (κ3) is 3.35. The molecule has 0 saturated heterocycles. The molecule has 0 spiro atoms. The van der Waals surface area contributed by atoms with Crippen LogP contribution in [0.15, 0.2) is 54.6 Å². The standard InChI is InChI=1S/C17H14ClN3O/c18-17-14-10-13(6-8-15(14)20-21-17)11-19-16(22)9-7-12-4-2-1-3-5-12/h1-10H,11H2,(H,19,22)(H,20,21)/b9-7+. The molecule has 5 heteroatoms. The molecule has 2 aromatic carbocycles. The molecule has 22 heavy (non-hydrogen) atoms. The van der Waals surface area contributed by atoms with Crippen LogP contribution in [0.3, 0.4) is 0 Å². The number of carbonyl (C=O) groups excluding carboxylic acids is 1. The predicted octanol–water partition coefficient (Wildman–Crippen LogP) is 3.55. The van der Waals surface area contributed by atoms with Gasteiger partial charge in [-0.05, 0) is 29.3 Å². The summed E-state index contributed by atoms with van der Waals surface area (Å²) in [6.07, 6.45) is 3.31. The van der Waals surface area contributed by atoms with Gasteiger partial charge in [0.1, 0.15) is 5.15 Å². The highest BCUT2D eigenvalue weighted by Crippen LogP contribution is 2.21. The van der Waals surface area contributed by atoms with E-state index in [9.17, 15) is 4.79 Å².